The highest BCUT2D eigenvalue weighted by Gasteiger charge is 2.30. The smallest absolute Gasteiger partial charge is 0.225 e. The number of methoxy groups -OCH3 is 1. The highest BCUT2D eigenvalue weighted by atomic mass is 16.5. The van der Waals surface area contributed by atoms with Gasteiger partial charge < -0.3 is 15.8 Å². The Labute approximate surface area is 103 Å². The highest BCUT2D eigenvalue weighted by molar-refractivity contribution is 5.93. The number of hydrogen-bond donors (Lipinski definition) is 2. The van der Waals surface area contributed by atoms with Gasteiger partial charge in [0.1, 0.15) is 6.04 Å². The summed E-state index contributed by atoms with van der Waals surface area (Å²) in [6.45, 7) is 7.61. The standard InChI is InChI=1S/C12H24N2O3/c1-8(7-17-5)11(16)14-9(6-13)10(15)12(2,3)4/h8-9H,6-7,13H2,1-5H3,(H,14,16)/t8?,9-/m0/s1. The van der Waals surface area contributed by atoms with Crippen molar-refractivity contribution in [2.24, 2.45) is 17.1 Å². The van der Waals surface area contributed by atoms with E-state index >= 15 is 0 Å². The molecule has 100 valence electrons. The zero-order chi connectivity index (χ0) is 13.6. The Balaban J connectivity index is 4.51. The maximum absolute atomic E-state index is 12.0. The minimum atomic E-state index is -0.623. The number of ketones is 1. The summed E-state index contributed by atoms with van der Waals surface area (Å²) in [7, 11) is 1.53. The van der Waals surface area contributed by atoms with Gasteiger partial charge in [-0.15, -0.1) is 0 Å². The monoisotopic (exact) mass is 244 g/mol. The van der Waals surface area contributed by atoms with Crippen molar-refractivity contribution in [2.45, 2.75) is 33.7 Å². The number of nitrogens with one attached hydrogen (secondary N) is 1. The lowest BCUT2D eigenvalue weighted by molar-refractivity contribution is -0.134. The molecule has 0 bridgehead atoms. The van der Waals surface area contributed by atoms with Crippen molar-refractivity contribution in [1.82, 2.24) is 5.32 Å². The van der Waals surface area contributed by atoms with Gasteiger partial charge in [0, 0.05) is 19.1 Å². The fourth-order valence-electron chi connectivity index (χ4n) is 1.39. The second-order valence-corrected chi connectivity index (χ2v) is 5.27. The van der Waals surface area contributed by atoms with Crippen LogP contribution < -0.4 is 11.1 Å². The van der Waals surface area contributed by atoms with Crippen molar-refractivity contribution < 1.29 is 14.3 Å². The molecular formula is C12H24N2O3. The summed E-state index contributed by atoms with van der Waals surface area (Å²) in [6.07, 6.45) is 0. The van der Waals surface area contributed by atoms with Gasteiger partial charge in [-0.25, -0.2) is 0 Å². The number of carbonyl (C=O) groups excluding carboxylic acids is 2. The Kier molecular flexibility index (Phi) is 6.34. The average molecular weight is 244 g/mol. The third-order valence-corrected chi connectivity index (χ3v) is 2.47. The van der Waals surface area contributed by atoms with Crippen LogP contribution in [0.3, 0.4) is 0 Å². The summed E-state index contributed by atoms with van der Waals surface area (Å²) in [5.74, 6) is -0.556. The van der Waals surface area contributed by atoms with Crippen LogP contribution in [0.1, 0.15) is 27.7 Å². The minimum absolute atomic E-state index is 0.0574. The molecule has 2 atom stereocenters. The molecule has 0 aliphatic heterocycles. The molecule has 0 aromatic rings. The van der Waals surface area contributed by atoms with Crippen LogP contribution in [0.2, 0.25) is 0 Å². The van der Waals surface area contributed by atoms with Gasteiger partial charge in [0.05, 0.1) is 12.5 Å². The van der Waals surface area contributed by atoms with Crippen LogP contribution in [0.15, 0.2) is 0 Å². The fraction of sp³-hybridized carbons (Fsp3) is 0.833. The highest BCUT2D eigenvalue weighted by Crippen LogP contribution is 2.16. The molecule has 1 amide bonds. The van der Waals surface area contributed by atoms with Crippen LogP contribution in [0.5, 0.6) is 0 Å². The Hall–Kier alpha value is -0.940. The lowest BCUT2D eigenvalue weighted by Gasteiger charge is -2.25. The predicted molar refractivity (Wildman–Crippen MR) is 66.5 cm³/mol. The van der Waals surface area contributed by atoms with Crippen LogP contribution in [0, 0.1) is 11.3 Å². The summed E-state index contributed by atoms with van der Waals surface area (Å²) in [5, 5.41) is 2.66. The first-order valence-electron chi connectivity index (χ1n) is 5.77. The average Bonchev–Trinajstić information content (AvgIpc) is 2.23. The Morgan fingerprint density at radius 3 is 2.24 bits per heavy atom. The zero-order valence-electron chi connectivity index (χ0n) is 11.4. The minimum Gasteiger partial charge on any atom is -0.384 e. The normalized spacial score (nSPS) is 15.2. The number of carbonyl (C=O) groups is 2. The van der Waals surface area contributed by atoms with Gasteiger partial charge in [0.25, 0.3) is 0 Å². The number of amides is 1. The van der Waals surface area contributed by atoms with E-state index in [9.17, 15) is 9.59 Å². The molecule has 0 heterocycles. The SMILES string of the molecule is COCC(C)C(=O)N[C@@H](CN)C(=O)C(C)(C)C. The Bertz CT molecular complexity index is 271. The van der Waals surface area contributed by atoms with Crippen molar-refractivity contribution in [3.8, 4) is 0 Å². The van der Waals surface area contributed by atoms with Crippen LogP contribution in [-0.4, -0.2) is 38.0 Å². The number of rotatable bonds is 6. The Morgan fingerprint density at radius 2 is 1.88 bits per heavy atom. The molecule has 3 N–H and O–H groups in total. The van der Waals surface area contributed by atoms with Crippen molar-refractivity contribution in [3.05, 3.63) is 0 Å². The number of hydrogen-bond acceptors (Lipinski definition) is 4. The van der Waals surface area contributed by atoms with Crippen molar-refractivity contribution in [3.63, 3.8) is 0 Å². The summed E-state index contributed by atoms with van der Waals surface area (Å²) in [4.78, 5) is 23.7. The van der Waals surface area contributed by atoms with Crippen molar-refractivity contribution in [2.75, 3.05) is 20.3 Å². The summed E-state index contributed by atoms with van der Waals surface area (Å²) in [5.41, 5.74) is 5.01. The lowest BCUT2D eigenvalue weighted by Crippen LogP contribution is -2.51. The first-order chi connectivity index (χ1) is 7.73. The van der Waals surface area contributed by atoms with E-state index in [4.69, 9.17) is 10.5 Å². The van der Waals surface area contributed by atoms with Gasteiger partial charge in [-0.1, -0.05) is 27.7 Å². The van der Waals surface area contributed by atoms with E-state index in [0.29, 0.717) is 6.61 Å². The van der Waals surface area contributed by atoms with E-state index in [1.54, 1.807) is 6.92 Å². The molecule has 1 unspecified atom stereocenters. The molecule has 0 fully saturated rings. The molecule has 0 aliphatic carbocycles. The number of ether oxygens (including phenoxy) is 1. The first-order valence-corrected chi connectivity index (χ1v) is 5.77. The summed E-state index contributed by atoms with van der Waals surface area (Å²) in [6, 6.07) is -0.623. The molecular weight excluding hydrogens is 220 g/mol. The molecule has 17 heavy (non-hydrogen) atoms. The zero-order valence-corrected chi connectivity index (χ0v) is 11.4. The van der Waals surface area contributed by atoms with E-state index in [1.807, 2.05) is 20.8 Å². The van der Waals surface area contributed by atoms with Gasteiger partial charge in [0.15, 0.2) is 5.78 Å². The van der Waals surface area contributed by atoms with Crippen LogP contribution >= 0.6 is 0 Å². The molecule has 0 aliphatic rings. The van der Waals surface area contributed by atoms with E-state index in [-0.39, 0.29) is 24.2 Å². The second kappa shape index (κ2) is 6.71. The molecule has 0 radical (unpaired) electrons. The summed E-state index contributed by atoms with van der Waals surface area (Å²) >= 11 is 0. The Morgan fingerprint density at radius 1 is 1.35 bits per heavy atom. The maximum atomic E-state index is 12.0. The third-order valence-electron chi connectivity index (χ3n) is 2.47. The van der Waals surface area contributed by atoms with Gasteiger partial charge >= 0.3 is 0 Å². The first kappa shape index (κ1) is 16.1. The van der Waals surface area contributed by atoms with Crippen molar-refractivity contribution in [1.29, 1.82) is 0 Å². The van der Waals surface area contributed by atoms with Crippen molar-refractivity contribution >= 4 is 11.7 Å². The largest absolute Gasteiger partial charge is 0.384 e. The topological polar surface area (TPSA) is 81.4 Å². The molecule has 0 saturated carbocycles. The molecule has 0 aromatic carbocycles. The maximum Gasteiger partial charge on any atom is 0.225 e. The predicted octanol–water partition coefficient (Wildman–Crippen LogP) is 0.328. The number of nitrogens with two attached hydrogens (primary N) is 1. The quantitative estimate of drug-likeness (QED) is 0.705. The van der Waals surface area contributed by atoms with Crippen LogP contribution in [0.4, 0.5) is 0 Å². The van der Waals surface area contributed by atoms with Gasteiger partial charge in [-0.2, -0.15) is 0 Å². The molecule has 5 nitrogen and oxygen atoms in total. The molecule has 5 heteroatoms. The van der Waals surface area contributed by atoms with Gasteiger partial charge in [0.2, 0.25) is 5.91 Å². The van der Waals surface area contributed by atoms with Crippen LogP contribution in [-0.2, 0) is 14.3 Å². The fourth-order valence-corrected chi connectivity index (χ4v) is 1.39. The summed E-state index contributed by atoms with van der Waals surface area (Å²) < 4.78 is 4.89. The van der Waals surface area contributed by atoms with E-state index in [2.05, 4.69) is 5.32 Å². The molecule has 0 aromatic heterocycles. The van der Waals surface area contributed by atoms with E-state index < -0.39 is 11.5 Å². The molecule has 0 rings (SSSR count). The number of Topliss-reactive ketones (excluding diaryl/α,β-unsaturated/α-hetero) is 1. The second-order valence-electron chi connectivity index (χ2n) is 5.27. The van der Waals surface area contributed by atoms with E-state index in [0.717, 1.165) is 0 Å². The van der Waals surface area contributed by atoms with Gasteiger partial charge in [-0.05, 0) is 0 Å². The van der Waals surface area contributed by atoms with E-state index in [1.165, 1.54) is 7.11 Å². The molecule has 0 saturated heterocycles. The van der Waals surface area contributed by atoms with Gasteiger partial charge in [-0.3, -0.25) is 9.59 Å². The third kappa shape index (κ3) is 5.28. The van der Waals surface area contributed by atoms with Crippen LogP contribution in [0.25, 0.3) is 0 Å². The lowest BCUT2D eigenvalue weighted by atomic mass is 9.86. The molecule has 0 spiro atoms.